The Bertz CT molecular complexity index is 1100. The van der Waals surface area contributed by atoms with E-state index in [-0.39, 0.29) is 6.04 Å². The van der Waals surface area contributed by atoms with Crippen molar-refractivity contribution in [3.63, 3.8) is 0 Å². The highest BCUT2D eigenvalue weighted by molar-refractivity contribution is 5.74. The van der Waals surface area contributed by atoms with E-state index in [2.05, 4.69) is 4.90 Å². The van der Waals surface area contributed by atoms with E-state index in [1.54, 1.807) is 14.2 Å². The van der Waals surface area contributed by atoms with Gasteiger partial charge in [0.05, 0.1) is 20.3 Å². The third kappa shape index (κ3) is 5.02. The molecule has 1 N–H and O–H groups in total. The summed E-state index contributed by atoms with van der Waals surface area (Å²) in [6, 6.07) is 22.6. The summed E-state index contributed by atoms with van der Waals surface area (Å²) in [4.78, 5) is 14.3. The molecule has 3 aromatic rings. The number of piperidine rings is 1. The first-order chi connectivity index (χ1) is 16.6. The summed E-state index contributed by atoms with van der Waals surface area (Å²) in [5.74, 6) is 1.12. The molecule has 2 unspecified atom stereocenters. The number of carboxylic acids is 1. The number of hydrogen-bond donors (Lipinski definition) is 1. The second kappa shape index (κ2) is 11.1. The Labute approximate surface area is 200 Å². The molecule has 1 fully saturated rings. The molecule has 1 heterocycles. The molecular formula is C28H31NO5. The van der Waals surface area contributed by atoms with Crippen LogP contribution in [0.25, 0.3) is 0 Å². The summed E-state index contributed by atoms with van der Waals surface area (Å²) in [5.41, 5.74) is 2.82. The Balaban J connectivity index is 1.82. The van der Waals surface area contributed by atoms with Crippen molar-refractivity contribution in [1.82, 2.24) is 4.90 Å². The maximum absolute atomic E-state index is 12.3. The Hall–Kier alpha value is -3.51. The zero-order chi connectivity index (χ0) is 23.9. The van der Waals surface area contributed by atoms with Gasteiger partial charge in [-0.1, -0.05) is 67.1 Å². The lowest BCUT2D eigenvalue weighted by Gasteiger charge is -2.40. The van der Waals surface area contributed by atoms with E-state index in [4.69, 9.17) is 14.2 Å². The number of methoxy groups -OCH3 is 2. The number of ether oxygens (including phenoxy) is 3. The number of carbonyl (C=O) groups is 1. The first-order valence-corrected chi connectivity index (χ1v) is 11.6. The smallest absolute Gasteiger partial charge is 0.320 e. The molecule has 1 aliphatic heterocycles. The van der Waals surface area contributed by atoms with E-state index < -0.39 is 12.0 Å². The highest BCUT2D eigenvalue weighted by Crippen LogP contribution is 2.44. The third-order valence-electron chi connectivity index (χ3n) is 6.34. The van der Waals surface area contributed by atoms with Crippen LogP contribution in [0.1, 0.15) is 42.0 Å². The van der Waals surface area contributed by atoms with Crippen LogP contribution >= 0.6 is 0 Å². The molecule has 6 heteroatoms. The van der Waals surface area contributed by atoms with Crippen molar-refractivity contribution in [3.8, 4) is 17.2 Å². The summed E-state index contributed by atoms with van der Waals surface area (Å²) in [7, 11) is 3.22. The third-order valence-corrected chi connectivity index (χ3v) is 6.34. The van der Waals surface area contributed by atoms with E-state index in [9.17, 15) is 9.90 Å². The molecular weight excluding hydrogens is 430 g/mol. The van der Waals surface area contributed by atoms with Crippen LogP contribution < -0.4 is 14.2 Å². The number of para-hydroxylation sites is 2. The fraction of sp³-hybridized carbons (Fsp3) is 0.321. The average molecular weight is 462 g/mol. The number of nitrogens with zero attached hydrogens (tertiary/aromatic N) is 1. The van der Waals surface area contributed by atoms with E-state index in [0.717, 1.165) is 35.3 Å². The lowest BCUT2D eigenvalue weighted by Crippen LogP contribution is -2.47. The first kappa shape index (κ1) is 23.6. The molecule has 1 aliphatic rings. The lowest BCUT2D eigenvalue weighted by molar-refractivity contribution is -0.145. The van der Waals surface area contributed by atoms with Gasteiger partial charge in [0.15, 0.2) is 11.5 Å². The fourth-order valence-corrected chi connectivity index (χ4v) is 4.75. The molecule has 34 heavy (non-hydrogen) atoms. The minimum Gasteiger partial charge on any atom is -0.493 e. The lowest BCUT2D eigenvalue weighted by atomic mass is 9.90. The van der Waals surface area contributed by atoms with Crippen LogP contribution in [0.4, 0.5) is 0 Å². The molecule has 178 valence electrons. The van der Waals surface area contributed by atoms with Gasteiger partial charge in [-0.3, -0.25) is 9.69 Å². The SMILES string of the molecule is COc1cccc(C(c2ccccc2OCc2ccccc2)N2CCCCC2C(=O)O)c1OC. The molecule has 0 saturated carbocycles. The Morgan fingerprint density at radius 1 is 0.912 bits per heavy atom. The number of carboxylic acid groups (broad SMARTS) is 1. The molecule has 6 nitrogen and oxygen atoms in total. The van der Waals surface area contributed by atoms with Crippen molar-refractivity contribution in [2.24, 2.45) is 0 Å². The maximum atomic E-state index is 12.3. The predicted molar refractivity (Wildman–Crippen MR) is 131 cm³/mol. The maximum Gasteiger partial charge on any atom is 0.320 e. The van der Waals surface area contributed by atoms with Gasteiger partial charge in [-0.25, -0.2) is 0 Å². The normalized spacial score (nSPS) is 17.1. The van der Waals surface area contributed by atoms with Gasteiger partial charge >= 0.3 is 5.97 Å². The molecule has 0 aromatic heterocycles. The van der Waals surface area contributed by atoms with Gasteiger partial charge in [0.25, 0.3) is 0 Å². The Morgan fingerprint density at radius 3 is 2.35 bits per heavy atom. The van der Waals surface area contributed by atoms with E-state index in [1.807, 2.05) is 72.8 Å². The van der Waals surface area contributed by atoms with Crippen molar-refractivity contribution >= 4 is 5.97 Å². The largest absolute Gasteiger partial charge is 0.493 e. The topological polar surface area (TPSA) is 68.2 Å². The van der Waals surface area contributed by atoms with Crippen LogP contribution in [0, 0.1) is 0 Å². The molecule has 3 aromatic carbocycles. The van der Waals surface area contributed by atoms with E-state index in [0.29, 0.717) is 31.1 Å². The molecule has 1 saturated heterocycles. The van der Waals surface area contributed by atoms with Crippen LogP contribution in [0.5, 0.6) is 17.2 Å². The quantitative estimate of drug-likeness (QED) is 0.466. The van der Waals surface area contributed by atoms with Gasteiger partial charge < -0.3 is 19.3 Å². The van der Waals surface area contributed by atoms with Crippen molar-refractivity contribution in [2.45, 2.75) is 38.0 Å². The van der Waals surface area contributed by atoms with Crippen molar-refractivity contribution < 1.29 is 24.1 Å². The number of hydrogen-bond acceptors (Lipinski definition) is 5. The van der Waals surface area contributed by atoms with Gasteiger partial charge in [-0.2, -0.15) is 0 Å². The molecule has 0 aliphatic carbocycles. The molecule has 4 rings (SSSR count). The minimum absolute atomic E-state index is 0.376. The van der Waals surface area contributed by atoms with Crippen LogP contribution in [0.2, 0.25) is 0 Å². The minimum atomic E-state index is -0.811. The summed E-state index contributed by atoms with van der Waals surface area (Å²) >= 11 is 0. The van der Waals surface area contributed by atoms with Crippen LogP contribution in [-0.2, 0) is 11.4 Å². The Kier molecular flexibility index (Phi) is 7.70. The summed E-state index contributed by atoms with van der Waals surface area (Å²) < 4.78 is 17.7. The fourth-order valence-electron chi connectivity index (χ4n) is 4.75. The standard InChI is InChI=1S/C28H31NO5/c1-32-25-17-10-14-22(27(25)33-2)26(29-18-9-8-15-23(29)28(30)31)21-13-6-7-16-24(21)34-19-20-11-4-3-5-12-20/h3-7,10-14,16-17,23,26H,8-9,15,18-19H2,1-2H3,(H,30,31). The zero-order valence-corrected chi connectivity index (χ0v) is 19.6. The second-order valence-corrected chi connectivity index (χ2v) is 8.39. The summed E-state index contributed by atoms with van der Waals surface area (Å²) in [5, 5.41) is 10.1. The van der Waals surface area contributed by atoms with Crippen LogP contribution in [0.3, 0.4) is 0 Å². The molecule has 2 atom stereocenters. The molecule has 0 bridgehead atoms. The second-order valence-electron chi connectivity index (χ2n) is 8.39. The average Bonchev–Trinajstić information content (AvgIpc) is 2.89. The van der Waals surface area contributed by atoms with Gasteiger partial charge in [0.1, 0.15) is 18.4 Å². The van der Waals surface area contributed by atoms with Crippen LogP contribution in [-0.4, -0.2) is 42.8 Å². The van der Waals surface area contributed by atoms with E-state index >= 15 is 0 Å². The summed E-state index contributed by atoms with van der Waals surface area (Å²) in [6.07, 6.45) is 2.42. The highest BCUT2D eigenvalue weighted by Gasteiger charge is 2.38. The van der Waals surface area contributed by atoms with Crippen LogP contribution in [0.15, 0.2) is 72.8 Å². The van der Waals surface area contributed by atoms with Gasteiger partial charge in [-0.05, 0) is 37.1 Å². The number of benzene rings is 3. The number of rotatable bonds is 9. The van der Waals surface area contributed by atoms with Gasteiger partial charge in [0, 0.05) is 11.1 Å². The van der Waals surface area contributed by atoms with Crippen molar-refractivity contribution in [3.05, 3.63) is 89.5 Å². The van der Waals surface area contributed by atoms with Gasteiger partial charge in [0.2, 0.25) is 0 Å². The van der Waals surface area contributed by atoms with Crippen molar-refractivity contribution in [1.29, 1.82) is 0 Å². The van der Waals surface area contributed by atoms with Gasteiger partial charge in [-0.15, -0.1) is 0 Å². The van der Waals surface area contributed by atoms with Crippen molar-refractivity contribution in [2.75, 3.05) is 20.8 Å². The monoisotopic (exact) mass is 461 g/mol. The zero-order valence-electron chi connectivity index (χ0n) is 19.6. The summed E-state index contributed by atoms with van der Waals surface area (Å²) in [6.45, 7) is 1.08. The number of likely N-dealkylation sites (tertiary alicyclic amines) is 1. The first-order valence-electron chi connectivity index (χ1n) is 11.6. The van der Waals surface area contributed by atoms with E-state index in [1.165, 1.54) is 0 Å². The Morgan fingerprint density at radius 2 is 1.62 bits per heavy atom. The molecule has 0 spiro atoms. The predicted octanol–water partition coefficient (Wildman–Crippen LogP) is 5.31. The number of aliphatic carboxylic acids is 1. The molecule has 0 amide bonds. The highest BCUT2D eigenvalue weighted by atomic mass is 16.5. The molecule has 0 radical (unpaired) electrons.